The minimum atomic E-state index is -1.82. The van der Waals surface area contributed by atoms with E-state index >= 15 is 8.78 Å². The van der Waals surface area contributed by atoms with Gasteiger partial charge in [0.15, 0.2) is 11.6 Å². The van der Waals surface area contributed by atoms with E-state index in [9.17, 15) is 24.8 Å². The van der Waals surface area contributed by atoms with E-state index in [-0.39, 0.29) is 81.7 Å². The summed E-state index contributed by atoms with van der Waals surface area (Å²) in [5, 5.41) is 29.5. The number of ether oxygens (including phenoxy) is 4. The van der Waals surface area contributed by atoms with Crippen LogP contribution in [-0.2, 0) is 27.8 Å². The first-order chi connectivity index (χ1) is 35.3. The summed E-state index contributed by atoms with van der Waals surface area (Å²) < 4.78 is 55.7. The van der Waals surface area contributed by atoms with Gasteiger partial charge in [-0.1, -0.05) is 69.1 Å². The first kappa shape index (κ1) is 56.4. The summed E-state index contributed by atoms with van der Waals surface area (Å²) in [6.45, 7) is 9.06. The Hall–Kier alpha value is -6.94. The zero-order chi connectivity index (χ0) is 53.7. The van der Waals surface area contributed by atoms with Gasteiger partial charge in [0.1, 0.15) is 34.3 Å². The Morgan fingerprint density at radius 1 is 0.919 bits per heavy atom. The number of halogens is 4. The summed E-state index contributed by atoms with van der Waals surface area (Å²) in [4.78, 5) is 47.4. The molecule has 5 aromatic rings. The maximum absolute atomic E-state index is 16.2. The topological polar surface area (TPSA) is 246 Å². The van der Waals surface area contributed by atoms with Crippen molar-refractivity contribution in [2.24, 2.45) is 5.41 Å². The van der Waals surface area contributed by atoms with Crippen LogP contribution in [0.2, 0.25) is 10.0 Å². The summed E-state index contributed by atoms with van der Waals surface area (Å²) >= 11 is 12.5. The lowest BCUT2D eigenvalue weighted by Gasteiger charge is -2.37. The van der Waals surface area contributed by atoms with E-state index in [2.05, 4.69) is 32.0 Å². The number of unbranched alkanes of at least 4 members (excludes halogenated alkanes) is 2. The first-order valence-corrected chi connectivity index (χ1v) is 25.0. The van der Waals surface area contributed by atoms with Gasteiger partial charge in [-0.15, -0.1) is 0 Å². The summed E-state index contributed by atoms with van der Waals surface area (Å²) in [5.41, 5.74) is 11.1. The van der Waals surface area contributed by atoms with Crippen LogP contribution in [0.1, 0.15) is 105 Å². The second-order valence-corrected chi connectivity index (χ2v) is 19.9. The van der Waals surface area contributed by atoms with Crippen LogP contribution in [0.3, 0.4) is 0 Å². The number of aryl methyl sites for hydroxylation is 2. The van der Waals surface area contributed by atoms with Crippen LogP contribution in [0.4, 0.5) is 26.2 Å². The molecule has 0 radical (unpaired) electrons. The molecule has 0 aliphatic carbocycles. The molecule has 2 heterocycles. The quantitative estimate of drug-likeness (QED) is 0.0315. The lowest BCUT2D eigenvalue weighted by atomic mass is 9.62. The van der Waals surface area contributed by atoms with Crippen LogP contribution in [0.5, 0.6) is 23.0 Å². The highest BCUT2D eigenvalue weighted by Crippen LogP contribution is 2.53. The molecule has 0 saturated carbocycles. The van der Waals surface area contributed by atoms with Crippen LogP contribution in [0.15, 0.2) is 72.8 Å². The molecule has 4 atom stereocenters. The summed E-state index contributed by atoms with van der Waals surface area (Å²) in [5.74, 6) is -2.99. The van der Waals surface area contributed by atoms with Crippen LogP contribution in [0, 0.1) is 28.4 Å². The van der Waals surface area contributed by atoms with Gasteiger partial charge in [-0.05, 0) is 110 Å². The smallest absolute Gasteiger partial charge is 0.303 e. The molecule has 0 bridgehead atoms. The van der Waals surface area contributed by atoms with E-state index in [0.717, 1.165) is 12.5 Å². The number of nitrogens with zero attached hydrogens (tertiary/aromatic N) is 3. The third-order valence-electron chi connectivity index (χ3n) is 12.6. The number of benzene rings is 4. The Morgan fingerprint density at radius 2 is 1.68 bits per heavy atom. The van der Waals surface area contributed by atoms with Crippen molar-refractivity contribution in [3.63, 3.8) is 0 Å². The number of methoxy groups -OCH3 is 1. The number of rotatable bonds is 24. The normalized spacial score (nSPS) is 17.3. The van der Waals surface area contributed by atoms with Crippen molar-refractivity contribution in [3.05, 3.63) is 122 Å². The number of aromatic nitrogens is 2. The second-order valence-electron chi connectivity index (χ2n) is 19.1. The standard InChI is InChI=1S/C54H62Cl2F2N8O8/c1-6-39-48(49(60)66-52(61)64-39)74-25-11-24-73-41-20-17-34(26-31(41)15-21-44(67)68)72-23-9-7-8-22-62-50(69)32-14-19-40(42(27-32)71-5)63-51(70)47-45(35-12-10-13-37(56)46(35)58)54(30-59,43(65-47)29-53(2,3)4)36-18-16-33(55)28-38(36)57/h10,12-14,16-20,26-28,43,45,47,65H,6-9,11,15,21-25,29H2,1-5H3,(H,62,69)(H,63,70)(H,67,68)(H4,60,61,64,66)/t43-,45-,47+,54-/m0/s1. The molecule has 0 spiro atoms. The lowest BCUT2D eigenvalue weighted by molar-refractivity contribution is -0.137. The van der Waals surface area contributed by atoms with E-state index in [1.807, 2.05) is 27.7 Å². The van der Waals surface area contributed by atoms with E-state index in [1.54, 1.807) is 18.2 Å². The predicted octanol–water partition coefficient (Wildman–Crippen LogP) is 9.60. The number of carbonyl (C=O) groups is 3. The Labute approximate surface area is 439 Å². The Balaban J connectivity index is 1.04. The molecule has 6 rings (SSSR count). The predicted molar refractivity (Wildman–Crippen MR) is 279 cm³/mol. The number of hydrogen-bond acceptors (Lipinski definition) is 13. The highest BCUT2D eigenvalue weighted by Gasteiger charge is 2.61. The number of hydrogen-bond donors (Lipinski definition) is 6. The van der Waals surface area contributed by atoms with Crippen LogP contribution >= 0.6 is 23.2 Å². The van der Waals surface area contributed by atoms with Crippen molar-refractivity contribution >= 4 is 58.4 Å². The van der Waals surface area contributed by atoms with E-state index in [0.29, 0.717) is 73.9 Å². The highest BCUT2D eigenvalue weighted by atomic mass is 35.5. The van der Waals surface area contributed by atoms with E-state index in [4.69, 9.17) is 53.6 Å². The molecule has 0 unspecified atom stereocenters. The highest BCUT2D eigenvalue weighted by molar-refractivity contribution is 6.31. The number of carbonyl (C=O) groups excluding carboxylic acids is 2. The first-order valence-electron chi connectivity index (χ1n) is 24.3. The van der Waals surface area contributed by atoms with Gasteiger partial charge in [-0.3, -0.25) is 14.4 Å². The number of anilines is 3. The van der Waals surface area contributed by atoms with Crippen molar-refractivity contribution in [1.82, 2.24) is 20.6 Å². The number of carboxylic acids is 1. The average Bonchev–Trinajstić information content (AvgIpc) is 3.67. The molecule has 4 aromatic carbocycles. The van der Waals surface area contributed by atoms with Gasteiger partial charge in [0, 0.05) is 47.5 Å². The third kappa shape index (κ3) is 13.8. The number of nitrogen functional groups attached to an aromatic ring is 2. The number of nitrogens with one attached hydrogen (secondary N) is 3. The maximum atomic E-state index is 16.2. The SMILES string of the molecule is CCc1nc(N)nc(N)c1OCCCOc1ccc(OCCCCCNC(=O)c2ccc(NC(=O)[C@@H]3N[C@@H](CC(C)(C)C)[C@](C#N)(c4ccc(Cl)cc4F)[C@H]3c3cccc(Cl)c3F)c(OC)c2)cc1CCC(=O)O. The molecular formula is C54H62Cl2F2N8O8. The van der Waals surface area contributed by atoms with Crippen LogP contribution in [-0.4, -0.2) is 78.4 Å². The number of carboxylic acid groups (broad SMARTS) is 1. The van der Waals surface area contributed by atoms with Crippen LogP contribution < -0.4 is 46.4 Å². The Kier molecular flexibility index (Phi) is 19.3. The third-order valence-corrected chi connectivity index (χ3v) is 13.1. The van der Waals surface area contributed by atoms with Crippen molar-refractivity contribution in [2.45, 2.75) is 102 Å². The fourth-order valence-electron chi connectivity index (χ4n) is 9.17. The number of nitrogens with two attached hydrogens (primary N) is 2. The van der Waals surface area contributed by atoms with Crippen molar-refractivity contribution in [2.75, 3.05) is 50.3 Å². The minimum absolute atomic E-state index is 0.0503. The molecule has 1 aromatic heterocycles. The molecule has 1 fully saturated rings. The fraction of sp³-hybridized carbons (Fsp3) is 0.407. The number of nitriles is 1. The fourth-order valence-corrected chi connectivity index (χ4v) is 9.51. The molecule has 1 aliphatic rings. The number of amides is 2. The van der Waals surface area contributed by atoms with Crippen molar-refractivity contribution in [3.8, 4) is 29.1 Å². The maximum Gasteiger partial charge on any atom is 0.303 e. The van der Waals surface area contributed by atoms with E-state index in [1.165, 1.54) is 55.6 Å². The second kappa shape index (κ2) is 25.3. The molecule has 16 nitrogen and oxygen atoms in total. The molecule has 394 valence electrons. The molecule has 1 aliphatic heterocycles. The van der Waals surface area contributed by atoms with Gasteiger partial charge in [0.05, 0.1) is 55.4 Å². The van der Waals surface area contributed by atoms with Gasteiger partial charge >= 0.3 is 5.97 Å². The zero-order valence-corrected chi connectivity index (χ0v) is 43.5. The van der Waals surface area contributed by atoms with Gasteiger partial charge in [-0.25, -0.2) is 13.8 Å². The summed E-state index contributed by atoms with van der Waals surface area (Å²) in [7, 11) is 1.38. The van der Waals surface area contributed by atoms with E-state index < -0.39 is 52.3 Å². The Bertz CT molecular complexity index is 2860. The molecule has 1 saturated heterocycles. The molecule has 8 N–H and O–H groups in total. The largest absolute Gasteiger partial charge is 0.495 e. The zero-order valence-electron chi connectivity index (χ0n) is 42.0. The monoisotopic (exact) mass is 1060 g/mol. The minimum Gasteiger partial charge on any atom is -0.495 e. The van der Waals surface area contributed by atoms with Gasteiger partial charge in [0.2, 0.25) is 11.9 Å². The molecule has 20 heteroatoms. The molecular weight excluding hydrogens is 998 g/mol. The van der Waals surface area contributed by atoms with Crippen LogP contribution in [0.25, 0.3) is 0 Å². The van der Waals surface area contributed by atoms with Crippen molar-refractivity contribution in [1.29, 1.82) is 5.26 Å². The Morgan fingerprint density at radius 3 is 2.38 bits per heavy atom. The summed E-state index contributed by atoms with van der Waals surface area (Å²) in [6, 6.07) is 18.2. The van der Waals surface area contributed by atoms with Gasteiger partial charge < -0.3 is 51.5 Å². The molecule has 2 amide bonds. The average molecular weight is 1060 g/mol. The van der Waals surface area contributed by atoms with Gasteiger partial charge in [0.25, 0.3) is 5.91 Å². The molecule has 74 heavy (non-hydrogen) atoms. The number of aliphatic carboxylic acids is 1. The van der Waals surface area contributed by atoms with Gasteiger partial charge in [-0.2, -0.15) is 10.2 Å². The summed E-state index contributed by atoms with van der Waals surface area (Å²) in [6.07, 6.45) is 3.54. The lowest BCUT2D eigenvalue weighted by Crippen LogP contribution is -2.45. The van der Waals surface area contributed by atoms with Crippen molar-refractivity contribution < 1.29 is 47.2 Å².